The third-order valence-corrected chi connectivity index (χ3v) is 2.97. The number of ether oxygens (including phenoxy) is 1. The van der Waals surface area contributed by atoms with Crippen LogP contribution >= 0.6 is 15.9 Å². The summed E-state index contributed by atoms with van der Waals surface area (Å²) in [5.41, 5.74) is 5.27. The zero-order chi connectivity index (χ0) is 15.4. The fourth-order valence-corrected chi connectivity index (χ4v) is 1.84. The number of halogens is 1. The fraction of sp³-hybridized carbons (Fsp3) is 0. The van der Waals surface area contributed by atoms with E-state index < -0.39 is 4.92 Å². The predicted octanol–water partition coefficient (Wildman–Crippen LogP) is 2.03. The monoisotopic (exact) mass is 353 g/mol. The largest absolute Gasteiger partial charge is 0.429 e. The summed E-state index contributed by atoms with van der Waals surface area (Å²) in [6, 6.07) is 4.42. The lowest BCUT2D eigenvalue weighted by Crippen LogP contribution is -2.15. The van der Waals surface area contributed by atoms with Crippen LogP contribution in [0.3, 0.4) is 0 Å². The first-order chi connectivity index (χ1) is 10.0. The second-order valence-corrected chi connectivity index (χ2v) is 4.53. The van der Waals surface area contributed by atoms with Crippen LogP contribution in [0.25, 0.3) is 0 Å². The number of benzene rings is 1. The SMILES string of the molecule is N/C(=N/O)c1cnc(Oc2c(Br)cccc2[N+](=O)[O-])cn1. The average Bonchev–Trinajstić information content (AvgIpc) is 2.49. The molecule has 0 aliphatic heterocycles. The van der Waals surface area contributed by atoms with Crippen LogP contribution in [0.2, 0.25) is 0 Å². The van der Waals surface area contributed by atoms with Crippen LogP contribution in [-0.4, -0.2) is 25.9 Å². The third kappa shape index (κ3) is 3.23. The molecule has 1 heterocycles. The molecule has 3 N–H and O–H groups in total. The van der Waals surface area contributed by atoms with Crippen LogP contribution in [0.4, 0.5) is 5.69 Å². The van der Waals surface area contributed by atoms with Gasteiger partial charge in [-0.15, -0.1) is 0 Å². The molecule has 21 heavy (non-hydrogen) atoms. The number of nitro groups is 1. The minimum absolute atomic E-state index is 0.00773. The summed E-state index contributed by atoms with van der Waals surface area (Å²) in [5, 5.41) is 22.2. The minimum atomic E-state index is -0.571. The Morgan fingerprint density at radius 1 is 1.43 bits per heavy atom. The van der Waals surface area contributed by atoms with Gasteiger partial charge in [0, 0.05) is 6.07 Å². The first-order valence-corrected chi connectivity index (χ1v) is 6.23. The van der Waals surface area contributed by atoms with Crippen molar-refractivity contribution in [3.63, 3.8) is 0 Å². The highest BCUT2D eigenvalue weighted by molar-refractivity contribution is 9.10. The van der Waals surface area contributed by atoms with E-state index in [1.165, 1.54) is 24.5 Å². The van der Waals surface area contributed by atoms with Gasteiger partial charge in [-0.05, 0) is 22.0 Å². The number of hydrogen-bond donors (Lipinski definition) is 2. The van der Waals surface area contributed by atoms with Gasteiger partial charge in [-0.2, -0.15) is 0 Å². The number of aromatic nitrogens is 2. The maximum Gasteiger partial charge on any atom is 0.312 e. The Bertz CT molecular complexity index is 704. The van der Waals surface area contributed by atoms with Crippen molar-refractivity contribution in [2.24, 2.45) is 10.9 Å². The van der Waals surface area contributed by atoms with Crippen molar-refractivity contribution in [3.8, 4) is 11.6 Å². The highest BCUT2D eigenvalue weighted by atomic mass is 79.9. The van der Waals surface area contributed by atoms with Gasteiger partial charge in [0.15, 0.2) is 5.84 Å². The Balaban J connectivity index is 2.33. The molecule has 0 saturated heterocycles. The molecule has 10 heteroatoms. The zero-order valence-electron chi connectivity index (χ0n) is 10.3. The van der Waals surface area contributed by atoms with Gasteiger partial charge in [0.2, 0.25) is 11.6 Å². The Labute approximate surface area is 126 Å². The van der Waals surface area contributed by atoms with Gasteiger partial charge in [-0.25, -0.2) is 9.97 Å². The molecule has 0 fully saturated rings. The first-order valence-electron chi connectivity index (χ1n) is 5.43. The first kappa shape index (κ1) is 14.7. The van der Waals surface area contributed by atoms with E-state index >= 15 is 0 Å². The van der Waals surface area contributed by atoms with Crippen LogP contribution in [0.5, 0.6) is 11.6 Å². The zero-order valence-corrected chi connectivity index (χ0v) is 11.9. The summed E-state index contributed by atoms with van der Waals surface area (Å²) in [4.78, 5) is 18.1. The molecule has 0 saturated carbocycles. The van der Waals surface area contributed by atoms with Crippen LogP contribution in [0.15, 0.2) is 40.2 Å². The van der Waals surface area contributed by atoms with E-state index in [2.05, 4.69) is 31.1 Å². The molecule has 0 bridgehead atoms. The maximum absolute atomic E-state index is 11.0. The van der Waals surface area contributed by atoms with E-state index in [9.17, 15) is 10.1 Å². The Morgan fingerprint density at radius 2 is 2.19 bits per heavy atom. The topological polar surface area (TPSA) is 137 Å². The average molecular weight is 354 g/mol. The van der Waals surface area contributed by atoms with Gasteiger partial charge in [-0.1, -0.05) is 11.2 Å². The maximum atomic E-state index is 11.0. The summed E-state index contributed by atoms with van der Waals surface area (Å²) in [6.07, 6.45) is 2.42. The molecule has 2 aromatic rings. The van der Waals surface area contributed by atoms with Crippen molar-refractivity contribution in [2.75, 3.05) is 0 Å². The molecule has 9 nitrogen and oxygen atoms in total. The summed E-state index contributed by atoms with van der Waals surface area (Å²) < 4.78 is 5.77. The van der Waals surface area contributed by atoms with E-state index in [0.29, 0.717) is 4.47 Å². The Kier molecular flexibility index (Phi) is 4.28. The summed E-state index contributed by atoms with van der Waals surface area (Å²) >= 11 is 3.17. The Morgan fingerprint density at radius 3 is 2.76 bits per heavy atom. The number of hydrogen-bond acceptors (Lipinski definition) is 7. The summed E-state index contributed by atoms with van der Waals surface area (Å²) in [6.45, 7) is 0. The van der Waals surface area contributed by atoms with Crippen molar-refractivity contribution < 1.29 is 14.9 Å². The van der Waals surface area contributed by atoms with Crippen LogP contribution < -0.4 is 10.5 Å². The van der Waals surface area contributed by atoms with Gasteiger partial charge in [0.1, 0.15) is 5.69 Å². The lowest BCUT2D eigenvalue weighted by Gasteiger charge is -2.07. The molecule has 1 aromatic carbocycles. The van der Waals surface area contributed by atoms with E-state index in [0.717, 1.165) is 0 Å². The number of nitrogens with zero attached hydrogens (tertiary/aromatic N) is 4. The molecule has 108 valence electrons. The quantitative estimate of drug-likeness (QED) is 0.282. The molecule has 0 atom stereocenters. The van der Waals surface area contributed by atoms with Gasteiger partial charge >= 0.3 is 5.69 Å². The van der Waals surface area contributed by atoms with Gasteiger partial charge in [0.05, 0.1) is 21.8 Å². The second kappa shape index (κ2) is 6.13. The molecule has 0 radical (unpaired) electrons. The minimum Gasteiger partial charge on any atom is -0.429 e. The molecule has 2 rings (SSSR count). The predicted molar refractivity (Wildman–Crippen MR) is 75.4 cm³/mol. The van der Waals surface area contributed by atoms with E-state index in [4.69, 9.17) is 15.7 Å². The lowest BCUT2D eigenvalue weighted by molar-refractivity contribution is -0.385. The van der Waals surface area contributed by atoms with E-state index in [1.54, 1.807) is 6.07 Å². The van der Waals surface area contributed by atoms with Crippen molar-refractivity contribution >= 4 is 27.5 Å². The smallest absolute Gasteiger partial charge is 0.312 e. The van der Waals surface area contributed by atoms with E-state index in [1.807, 2.05) is 0 Å². The highest BCUT2D eigenvalue weighted by Crippen LogP contribution is 2.37. The highest BCUT2D eigenvalue weighted by Gasteiger charge is 2.19. The number of amidine groups is 1. The molecular formula is C11H8BrN5O4. The molecule has 0 aliphatic rings. The number of nitrogens with two attached hydrogens (primary N) is 1. The second-order valence-electron chi connectivity index (χ2n) is 3.67. The Hall–Kier alpha value is -2.75. The summed E-state index contributed by atoms with van der Waals surface area (Å²) in [7, 11) is 0. The molecular weight excluding hydrogens is 346 g/mol. The van der Waals surface area contributed by atoms with Crippen LogP contribution in [0, 0.1) is 10.1 Å². The third-order valence-electron chi connectivity index (χ3n) is 2.35. The van der Waals surface area contributed by atoms with Crippen molar-refractivity contribution in [1.82, 2.24) is 9.97 Å². The number of rotatable bonds is 4. The standard InChI is InChI=1S/C11H8BrN5O4/c12-6-2-1-3-8(17(19)20)10(6)21-9-5-14-7(4-15-9)11(13)16-18/h1-5,18H,(H2,13,16). The molecule has 0 spiro atoms. The van der Waals surface area contributed by atoms with Gasteiger partial charge in [0.25, 0.3) is 0 Å². The molecule has 0 aliphatic carbocycles. The summed E-state index contributed by atoms with van der Waals surface area (Å²) in [5.74, 6) is -0.172. The number of para-hydroxylation sites is 1. The van der Waals surface area contributed by atoms with Gasteiger partial charge < -0.3 is 15.7 Å². The van der Waals surface area contributed by atoms with Crippen LogP contribution in [-0.2, 0) is 0 Å². The van der Waals surface area contributed by atoms with Crippen molar-refractivity contribution in [3.05, 3.63) is 50.9 Å². The van der Waals surface area contributed by atoms with Crippen molar-refractivity contribution in [2.45, 2.75) is 0 Å². The fourth-order valence-electron chi connectivity index (χ4n) is 1.40. The van der Waals surface area contributed by atoms with Crippen molar-refractivity contribution in [1.29, 1.82) is 0 Å². The normalized spacial score (nSPS) is 11.2. The molecule has 0 amide bonds. The van der Waals surface area contributed by atoms with Crippen LogP contribution in [0.1, 0.15) is 5.69 Å². The molecule has 0 unspecified atom stereocenters. The lowest BCUT2D eigenvalue weighted by atomic mass is 10.3. The number of oxime groups is 1. The van der Waals surface area contributed by atoms with E-state index in [-0.39, 0.29) is 28.8 Å². The van der Waals surface area contributed by atoms with Gasteiger partial charge in [-0.3, -0.25) is 10.1 Å². The molecule has 1 aromatic heterocycles. The number of nitro benzene ring substituents is 1.